The minimum atomic E-state index is -0.625. The van der Waals surface area contributed by atoms with Crippen LogP contribution in [0.1, 0.15) is 29.0 Å². The second-order valence-corrected chi connectivity index (χ2v) is 7.93. The molecule has 4 rings (SSSR count). The van der Waals surface area contributed by atoms with Gasteiger partial charge in [0.1, 0.15) is 5.69 Å². The molecule has 4 N–H and O–H groups in total. The summed E-state index contributed by atoms with van der Waals surface area (Å²) in [6.45, 7) is 3.45. The molecule has 1 spiro atoms. The van der Waals surface area contributed by atoms with Gasteiger partial charge < -0.3 is 16.4 Å². The zero-order valence-corrected chi connectivity index (χ0v) is 15.8. The number of nitrogens with zero attached hydrogens (tertiary/aromatic N) is 3. The number of aryl methyl sites for hydroxylation is 1. The summed E-state index contributed by atoms with van der Waals surface area (Å²) >= 11 is 12.5. The molecule has 136 valence electrons. The monoisotopic (exact) mass is 391 g/mol. The number of rotatable bonds is 3. The van der Waals surface area contributed by atoms with Crippen LogP contribution in [0.3, 0.4) is 0 Å². The molecule has 2 aromatic rings. The molecule has 1 aromatic carbocycles. The van der Waals surface area contributed by atoms with Gasteiger partial charge in [0.25, 0.3) is 5.91 Å². The van der Waals surface area contributed by atoms with E-state index in [1.165, 1.54) is 0 Å². The summed E-state index contributed by atoms with van der Waals surface area (Å²) in [7, 11) is 0. The van der Waals surface area contributed by atoms with E-state index in [2.05, 4.69) is 14.9 Å². The van der Waals surface area contributed by atoms with Crippen molar-refractivity contribution in [1.29, 1.82) is 0 Å². The Kier molecular flexibility index (Phi) is 4.10. The number of hydrogen-bond acceptors (Lipinski definition) is 5. The van der Waals surface area contributed by atoms with Gasteiger partial charge in [-0.2, -0.15) is 0 Å². The molecule has 1 aliphatic carbocycles. The fraction of sp³-hybridized carbons (Fsp3) is 0.389. The zero-order chi connectivity index (χ0) is 18.6. The van der Waals surface area contributed by atoms with Crippen LogP contribution in [-0.2, 0) is 0 Å². The number of carbonyl (C=O) groups excluding carboxylic acids is 1. The highest BCUT2D eigenvalue weighted by Gasteiger charge is 2.56. The van der Waals surface area contributed by atoms with Crippen LogP contribution < -0.4 is 16.4 Å². The lowest BCUT2D eigenvalue weighted by atomic mass is 10.0. The predicted molar refractivity (Wildman–Crippen MR) is 103 cm³/mol. The molecular formula is C18H19Cl2N5O. The van der Waals surface area contributed by atoms with Gasteiger partial charge in [-0.3, -0.25) is 4.79 Å². The van der Waals surface area contributed by atoms with Gasteiger partial charge >= 0.3 is 0 Å². The van der Waals surface area contributed by atoms with Gasteiger partial charge in [-0.05, 0) is 25.8 Å². The topological polar surface area (TPSA) is 98.1 Å². The number of benzene rings is 1. The van der Waals surface area contributed by atoms with Crippen LogP contribution in [-0.4, -0.2) is 35.0 Å². The van der Waals surface area contributed by atoms with Crippen molar-refractivity contribution in [2.45, 2.75) is 25.8 Å². The summed E-state index contributed by atoms with van der Waals surface area (Å²) in [4.78, 5) is 23.3. The van der Waals surface area contributed by atoms with Crippen LogP contribution in [0.5, 0.6) is 0 Å². The number of anilines is 1. The number of halogens is 2. The molecule has 1 amide bonds. The highest BCUT2D eigenvalue weighted by atomic mass is 35.5. The fourth-order valence-electron chi connectivity index (χ4n) is 3.81. The second-order valence-electron chi connectivity index (χ2n) is 7.14. The first kappa shape index (κ1) is 17.5. The zero-order valence-electron chi connectivity index (χ0n) is 14.3. The number of hydrogen-bond donors (Lipinski definition) is 2. The van der Waals surface area contributed by atoms with Crippen molar-refractivity contribution < 1.29 is 4.79 Å². The van der Waals surface area contributed by atoms with E-state index in [0.29, 0.717) is 32.8 Å². The Balaban J connectivity index is 1.79. The van der Waals surface area contributed by atoms with E-state index in [9.17, 15) is 4.79 Å². The normalized spacial score (nSPS) is 24.3. The summed E-state index contributed by atoms with van der Waals surface area (Å²) < 4.78 is 0. The van der Waals surface area contributed by atoms with Gasteiger partial charge in [0.15, 0.2) is 0 Å². The molecule has 2 aliphatic rings. The van der Waals surface area contributed by atoms with Crippen LogP contribution >= 0.6 is 23.2 Å². The number of nitrogens with two attached hydrogens (primary N) is 2. The first-order valence-corrected chi connectivity index (χ1v) is 9.21. The van der Waals surface area contributed by atoms with Crippen LogP contribution in [0.2, 0.25) is 10.0 Å². The molecule has 2 fully saturated rings. The van der Waals surface area contributed by atoms with Gasteiger partial charge in [-0.1, -0.05) is 35.3 Å². The molecule has 0 bridgehead atoms. The standard InChI is InChI=1S/C18H19Cl2N5O/c1-9-13(10-3-2-4-11(19)14(10)20)15(16(22)26)24-17(23-9)25-6-5-18(8-25)7-12(18)21/h2-4,12H,5-8,21H2,1H3,(H2,22,26). The molecule has 8 heteroatoms. The first-order valence-electron chi connectivity index (χ1n) is 8.46. The van der Waals surface area contributed by atoms with Crippen LogP contribution in [0, 0.1) is 12.3 Å². The number of primary amides is 1. The maximum atomic E-state index is 12.1. The molecule has 2 heterocycles. The van der Waals surface area contributed by atoms with Crippen molar-refractivity contribution in [1.82, 2.24) is 9.97 Å². The maximum absolute atomic E-state index is 12.1. The van der Waals surface area contributed by atoms with Crippen molar-refractivity contribution in [2.75, 3.05) is 18.0 Å². The van der Waals surface area contributed by atoms with Crippen LogP contribution in [0.15, 0.2) is 18.2 Å². The lowest BCUT2D eigenvalue weighted by Crippen LogP contribution is -2.27. The third-order valence-electron chi connectivity index (χ3n) is 5.45. The largest absolute Gasteiger partial charge is 0.364 e. The Bertz CT molecular complexity index is 919. The van der Waals surface area contributed by atoms with E-state index in [4.69, 9.17) is 34.7 Å². The first-order chi connectivity index (χ1) is 12.3. The lowest BCUT2D eigenvalue weighted by Gasteiger charge is -2.20. The molecule has 1 saturated carbocycles. The molecule has 6 nitrogen and oxygen atoms in total. The predicted octanol–water partition coefficient (Wildman–Crippen LogP) is 2.79. The van der Waals surface area contributed by atoms with E-state index in [-0.39, 0.29) is 17.2 Å². The second kappa shape index (κ2) is 6.08. The van der Waals surface area contributed by atoms with Gasteiger partial charge in [-0.25, -0.2) is 9.97 Å². The van der Waals surface area contributed by atoms with E-state index in [0.717, 1.165) is 25.9 Å². The number of carbonyl (C=O) groups is 1. The molecule has 1 aliphatic heterocycles. The molecule has 26 heavy (non-hydrogen) atoms. The SMILES string of the molecule is Cc1nc(N2CCC3(CC3N)C2)nc(C(N)=O)c1-c1cccc(Cl)c1Cl. The van der Waals surface area contributed by atoms with Gasteiger partial charge in [0.05, 0.1) is 15.7 Å². The van der Waals surface area contributed by atoms with Crippen molar-refractivity contribution in [3.63, 3.8) is 0 Å². The third-order valence-corrected chi connectivity index (χ3v) is 6.27. The van der Waals surface area contributed by atoms with Crippen molar-refractivity contribution in [3.8, 4) is 11.1 Å². The average molecular weight is 392 g/mol. The average Bonchev–Trinajstić information content (AvgIpc) is 3.01. The summed E-state index contributed by atoms with van der Waals surface area (Å²) in [5.41, 5.74) is 13.8. The van der Waals surface area contributed by atoms with Gasteiger partial charge in [0, 0.05) is 35.7 Å². The Morgan fingerprint density at radius 3 is 2.69 bits per heavy atom. The van der Waals surface area contributed by atoms with Crippen molar-refractivity contribution in [2.24, 2.45) is 16.9 Å². The number of aromatic nitrogens is 2. The van der Waals surface area contributed by atoms with Crippen molar-refractivity contribution in [3.05, 3.63) is 39.6 Å². The quantitative estimate of drug-likeness (QED) is 0.837. The minimum absolute atomic E-state index is 0.151. The Labute approximate surface area is 161 Å². The van der Waals surface area contributed by atoms with E-state index < -0.39 is 5.91 Å². The molecule has 2 atom stereocenters. The molecule has 1 aromatic heterocycles. The third kappa shape index (κ3) is 2.73. The smallest absolute Gasteiger partial charge is 0.268 e. The maximum Gasteiger partial charge on any atom is 0.268 e. The molecule has 2 unspecified atom stereocenters. The fourth-order valence-corrected chi connectivity index (χ4v) is 4.21. The highest BCUT2D eigenvalue weighted by Crippen LogP contribution is 2.52. The molecule has 1 saturated heterocycles. The molecular weight excluding hydrogens is 373 g/mol. The van der Waals surface area contributed by atoms with E-state index >= 15 is 0 Å². The van der Waals surface area contributed by atoms with E-state index in [1.54, 1.807) is 18.2 Å². The Morgan fingerprint density at radius 1 is 1.35 bits per heavy atom. The van der Waals surface area contributed by atoms with Crippen LogP contribution in [0.4, 0.5) is 5.95 Å². The Hall–Kier alpha value is -1.89. The van der Waals surface area contributed by atoms with Crippen LogP contribution in [0.25, 0.3) is 11.1 Å². The summed E-state index contributed by atoms with van der Waals surface area (Å²) in [5.74, 6) is -0.117. The minimum Gasteiger partial charge on any atom is -0.364 e. The highest BCUT2D eigenvalue weighted by molar-refractivity contribution is 6.43. The lowest BCUT2D eigenvalue weighted by molar-refractivity contribution is 0.0996. The van der Waals surface area contributed by atoms with E-state index in [1.807, 2.05) is 6.92 Å². The molecule has 0 radical (unpaired) electrons. The van der Waals surface area contributed by atoms with Gasteiger partial charge in [-0.15, -0.1) is 0 Å². The summed E-state index contributed by atoms with van der Waals surface area (Å²) in [6, 6.07) is 5.47. The number of amides is 1. The Morgan fingerprint density at radius 2 is 2.08 bits per heavy atom. The summed E-state index contributed by atoms with van der Waals surface area (Å²) in [5, 5.41) is 0.743. The van der Waals surface area contributed by atoms with Gasteiger partial charge in [0.2, 0.25) is 5.95 Å². The van der Waals surface area contributed by atoms with Crippen molar-refractivity contribution >= 4 is 35.1 Å². The summed E-state index contributed by atoms with van der Waals surface area (Å²) in [6.07, 6.45) is 2.05.